The molecule has 0 fully saturated rings. The van der Waals surface area contributed by atoms with Crippen LogP contribution in [0.25, 0.3) is 0 Å². The van der Waals surface area contributed by atoms with E-state index >= 15 is 0 Å². The monoisotopic (exact) mass is 174 g/mol. The molecule has 0 saturated heterocycles. The van der Waals surface area contributed by atoms with Gasteiger partial charge in [-0.1, -0.05) is 5.57 Å². The van der Waals surface area contributed by atoms with Gasteiger partial charge in [0.2, 0.25) is 0 Å². The van der Waals surface area contributed by atoms with Crippen molar-refractivity contribution < 1.29 is 9.16 Å². The van der Waals surface area contributed by atoms with E-state index in [0.717, 1.165) is 5.57 Å². The highest BCUT2D eigenvalue weighted by Crippen LogP contribution is 2.23. The van der Waals surface area contributed by atoms with Crippen molar-refractivity contribution in [3.8, 4) is 0 Å². The number of ether oxygens (including phenoxy) is 1. The third-order valence-corrected chi connectivity index (χ3v) is 2.99. The molecule has 1 unspecified atom stereocenters. The van der Waals surface area contributed by atoms with Gasteiger partial charge in [0, 0.05) is 7.11 Å². The summed E-state index contributed by atoms with van der Waals surface area (Å²) in [5.74, 6) is -0.495. The van der Waals surface area contributed by atoms with Crippen LogP contribution in [-0.2, 0) is 9.16 Å². The lowest BCUT2D eigenvalue weighted by Gasteiger charge is -2.29. The maximum absolute atomic E-state index is 5.37. The predicted octanol–water partition coefficient (Wildman–Crippen LogP) is 1.00. The number of methoxy groups -OCH3 is 1. The second kappa shape index (κ2) is 4.04. The topological polar surface area (TPSA) is 18.5 Å². The normalized spacial score (nSPS) is 16.1. The number of allylic oxidation sites excluding steroid dienone is 1. The third kappa shape index (κ3) is 2.43. The van der Waals surface area contributed by atoms with Crippen molar-refractivity contribution in [3.63, 3.8) is 0 Å². The summed E-state index contributed by atoms with van der Waals surface area (Å²) in [5.41, 5.74) is 2.42. The summed E-state index contributed by atoms with van der Waals surface area (Å²) >= 11 is 0. The van der Waals surface area contributed by atoms with Crippen LogP contribution in [0.15, 0.2) is 11.1 Å². The summed E-state index contributed by atoms with van der Waals surface area (Å²) < 4.78 is 10.6. The predicted molar refractivity (Wildman–Crippen MR) is 50.5 cm³/mol. The van der Waals surface area contributed by atoms with E-state index < -0.39 is 5.79 Å². The molecule has 0 radical (unpaired) electrons. The Labute approximate surface area is 72.1 Å². The standard InChI is InChI=1S/C8H18O2Si/c1-6(2)7(3)8(4,9-5)10-11/h1-5,11H3. The van der Waals surface area contributed by atoms with E-state index in [9.17, 15) is 0 Å². The Morgan fingerprint density at radius 2 is 1.73 bits per heavy atom. The van der Waals surface area contributed by atoms with E-state index in [1.165, 1.54) is 5.57 Å². The Bertz CT molecular complexity index is 155. The maximum Gasteiger partial charge on any atom is 0.177 e. The van der Waals surface area contributed by atoms with Crippen LogP contribution in [0.2, 0.25) is 0 Å². The van der Waals surface area contributed by atoms with E-state index in [2.05, 4.69) is 13.8 Å². The van der Waals surface area contributed by atoms with Gasteiger partial charge in [0.15, 0.2) is 5.79 Å². The SMILES string of the molecule is COC(C)(O[SiH3])C(C)=C(C)C. The molecule has 0 bridgehead atoms. The smallest absolute Gasteiger partial charge is 0.177 e. The lowest BCUT2D eigenvalue weighted by atomic mass is 10.1. The lowest BCUT2D eigenvalue weighted by molar-refractivity contribution is -0.116. The zero-order chi connectivity index (χ0) is 9.07. The average molecular weight is 174 g/mol. The third-order valence-electron chi connectivity index (χ3n) is 2.21. The summed E-state index contributed by atoms with van der Waals surface area (Å²) in [6, 6.07) is 0. The summed E-state index contributed by atoms with van der Waals surface area (Å²) in [5, 5.41) is 0. The zero-order valence-corrected chi connectivity index (χ0v) is 10.3. The van der Waals surface area contributed by atoms with E-state index in [0.29, 0.717) is 10.5 Å². The molecule has 0 heterocycles. The fraction of sp³-hybridized carbons (Fsp3) is 0.750. The highest BCUT2D eigenvalue weighted by atomic mass is 28.2. The number of hydrogen-bond donors (Lipinski definition) is 0. The van der Waals surface area contributed by atoms with Crippen LogP contribution in [0.3, 0.4) is 0 Å². The molecule has 0 aromatic carbocycles. The molecule has 0 rings (SSSR count). The summed E-state index contributed by atoms with van der Waals surface area (Å²) in [7, 11) is 2.36. The van der Waals surface area contributed by atoms with Crippen molar-refractivity contribution in [2.45, 2.75) is 33.5 Å². The van der Waals surface area contributed by atoms with Gasteiger partial charge in [-0.15, -0.1) is 0 Å². The molecule has 66 valence electrons. The van der Waals surface area contributed by atoms with Crippen LogP contribution < -0.4 is 0 Å². The van der Waals surface area contributed by atoms with Gasteiger partial charge < -0.3 is 9.16 Å². The molecule has 0 amide bonds. The maximum atomic E-state index is 5.37. The Balaban J connectivity index is 4.64. The molecule has 0 N–H and O–H groups in total. The van der Waals surface area contributed by atoms with Crippen LogP contribution >= 0.6 is 0 Å². The van der Waals surface area contributed by atoms with Crippen LogP contribution in [0.4, 0.5) is 0 Å². The summed E-state index contributed by atoms with van der Waals surface area (Å²) in [6.07, 6.45) is 0. The van der Waals surface area contributed by atoms with Crippen LogP contribution in [-0.4, -0.2) is 23.4 Å². The zero-order valence-electron chi connectivity index (χ0n) is 8.32. The largest absolute Gasteiger partial charge is 0.398 e. The number of hydrogen-bond acceptors (Lipinski definition) is 2. The Morgan fingerprint density at radius 3 is 1.82 bits per heavy atom. The van der Waals surface area contributed by atoms with Gasteiger partial charge in [0.25, 0.3) is 0 Å². The van der Waals surface area contributed by atoms with Gasteiger partial charge in [0.1, 0.15) is 10.5 Å². The first-order valence-corrected chi connectivity index (χ1v) is 4.54. The molecule has 0 aromatic heterocycles. The Kier molecular flexibility index (Phi) is 4.00. The van der Waals surface area contributed by atoms with Crippen molar-refractivity contribution in [1.82, 2.24) is 0 Å². The Morgan fingerprint density at radius 1 is 1.27 bits per heavy atom. The first kappa shape index (κ1) is 10.9. The van der Waals surface area contributed by atoms with Gasteiger partial charge in [-0.3, -0.25) is 0 Å². The molecule has 1 atom stereocenters. The van der Waals surface area contributed by atoms with Gasteiger partial charge in [-0.05, 0) is 33.3 Å². The molecule has 3 heteroatoms. The molecule has 2 nitrogen and oxygen atoms in total. The second-order valence-corrected chi connectivity index (χ2v) is 3.39. The summed E-state index contributed by atoms with van der Waals surface area (Å²) in [4.78, 5) is 0. The highest BCUT2D eigenvalue weighted by Gasteiger charge is 2.24. The van der Waals surface area contributed by atoms with Crippen molar-refractivity contribution in [2.75, 3.05) is 7.11 Å². The highest BCUT2D eigenvalue weighted by molar-refractivity contribution is 5.98. The number of rotatable bonds is 3. The van der Waals surface area contributed by atoms with Crippen molar-refractivity contribution in [2.24, 2.45) is 0 Å². The fourth-order valence-electron chi connectivity index (χ4n) is 0.844. The van der Waals surface area contributed by atoms with Crippen LogP contribution in [0.5, 0.6) is 0 Å². The van der Waals surface area contributed by atoms with Crippen LogP contribution in [0.1, 0.15) is 27.7 Å². The quantitative estimate of drug-likeness (QED) is 0.361. The fourth-order valence-corrected chi connectivity index (χ4v) is 1.32. The molecule has 0 saturated carbocycles. The minimum Gasteiger partial charge on any atom is -0.398 e. The lowest BCUT2D eigenvalue weighted by Crippen LogP contribution is -2.32. The minimum atomic E-state index is -0.495. The van der Waals surface area contributed by atoms with Crippen LogP contribution in [0, 0.1) is 0 Å². The van der Waals surface area contributed by atoms with Crippen molar-refractivity contribution in [3.05, 3.63) is 11.1 Å². The molecule has 0 aliphatic heterocycles. The van der Waals surface area contributed by atoms with Gasteiger partial charge in [0.05, 0.1) is 0 Å². The van der Waals surface area contributed by atoms with Gasteiger partial charge in [-0.25, -0.2) is 0 Å². The molecule has 0 aliphatic carbocycles. The molecular weight excluding hydrogens is 156 g/mol. The first-order chi connectivity index (χ1) is 4.98. The van der Waals surface area contributed by atoms with Gasteiger partial charge >= 0.3 is 0 Å². The minimum absolute atomic E-state index is 0.495. The molecule has 11 heavy (non-hydrogen) atoms. The average Bonchev–Trinajstić information content (AvgIpc) is 2.01. The molecule has 0 aromatic rings. The Hall–Kier alpha value is -0.123. The van der Waals surface area contributed by atoms with E-state index in [1.807, 2.05) is 13.8 Å². The molecule has 0 aliphatic rings. The van der Waals surface area contributed by atoms with Crippen molar-refractivity contribution in [1.29, 1.82) is 0 Å². The van der Waals surface area contributed by atoms with E-state index in [-0.39, 0.29) is 0 Å². The molecular formula is C8H18O2Si. The summed E-state index contributed by atoms with van der Waals surface area (Å²) in [6.45, 7) is 8.11. The van der Waals surface area contributed by atoms with Gasteiger partial charge in [-0.2, -0.15) is 0 Å². The van der Waals surface area contributed by atoms with Crippen molar-refractivity contribution >= 4 is 10.5 Å². The van der Waals surface area contributed by atoms with E-state index in [4.69, 9.17) is 9.16 Å². The van der Waals surface area contributed by atoms with E-state index in [1.54, 1.807) is 7.11 Å². The molecule has 0 spiro atoms. The first-order valence-electron chi connectivity index (χ1n) is 3.72. The second-order valence-electron chi connectivity index (χ2n) is 2.98.